The average Bonchev–Trinajstić information content (AvgIpc) is 2.63. The van der Waals surface area contributed by atoms with Crippen LogP contribution in [-0.4, -0.2) is 30.0 Å². The van der Waals surface area contributed by atoms with Crippen molar-refractivity contribution in [3.63, 3.8) is 0 Å². The Bertz CT molecular complexity index is 320. The zero-order chi connectivity index (χ0) is 10.7. The van der Waals surface area contributed by atoms with E-state index in [2.05, 4.69) is 31.0 Å². The van der Waals surface area contributed by atoms with Crippen LogP contribution >= 0.6 is 15.9 Å². The fraction of sp³-hybridized carbons (Fsp3) is 0.700. The molecular weight excluding hydrogens is 258 g/mol. The van der Waals surface area contributed by atoms with Crippen molar-refractivity contribution < 1.29 is 4.74 Å². The zero-order valence-electron chi connectivity index (χ0n) is 8.87. The molecule has 2 rings (SSSR count). The summed E-state index contributed by atoms with van der Waals surface area (Å²) in [4.78, 5) is 0. The molecule has 0 radical (unpaired) electrons. The van der Waals surface area contributed by atoms with Gasteiger partial charge in [0.25, 0.3) is 0 Å². The highest BCUT2D eigenvalue weighted by Crippen LogP contribution is 2.25. The molecule has 0 unspecified atom stereocenters. The van der Waals surface area contributed by atoms with E-state index in [-0.39, 0.29) is 0 Å². The second kappa shape index (κ2) is 5.09. The molecule has 0 atom stereocenters. The third-order valence-electron chi connectivity index (χ3n) is 2.73. The number of nitrogens with one attached hydrogen (secondary N) is 1. The van der Waals surface area contributed by atoms with Gasteiger partial charge in [0, 0.05) is 19.8 Å². The molecule has 5 heteroatoms. The normalized spacial score (nSPS) is 18.3. The molecule has 0 spiro atoms. The van der Waals surface area contributed by atoms with Gasteiger partial charge in [-0.15, -0.1) is 0 Å². The summed E-state index contributed by atoms with van der Waals surface area (Å²) < 4.78 is 8.57. The molecule has 15 heavy (non-hydrogen) atoms. The first-order chi connectivity index (χ1) is 7.33. The SMILES string of the molecule is CNCc1c(Br)cnn1C1CCOCC1. The molecule has 1 aliphatic heterocycles. The number of halogens is 1. The second-order valence-electron chi connectivity index (χ2n) is 3.76. The molecule has 1 N–H and O–H groups in total. The lowest BCUT2D eigenvalue weighted by Gasteiger charge is -2.24. The maximum Gasteiger partial charge on any atom is 0.0667 e. The van der Waals surface area contributed by atoms with Crippen LogP contribution in [0.2, 0.25) is 0 Å². The predicted octanol–water partition coefficient (Wildman–Crippen LogP) is 1.72. The third kappa shape index (κ3) is 2.41. The summed E-state index contributed by atoms with van der Waals surface area (Å²) in [6.45, 7) is 2.54. The first-order valence-electron chi connectivity index (χ1n) is 5.27. The van der Waals surface area contributed by atoms with E-state index in [4.69, 9.17) is 4.74 Å². The number of hydrogen-bond donors (Lipinski definition) is 1. The van der Waals surface area contributed by atoms with Crippen molar-refractivity contribution in [2.75, 3.05) is 20.3 Å². The van der Waals surface area contributed by atoms with E-state index in [0.29, 0.717) is 6.04 Å². The van der Waals surface area contributed by atoms with Gasteiger partial charge in [-0.2, -0.15) is 5.10 Å². The van der Waals surface area contributed by atoms with Gasteiger partial charge in [0.15, 0.2) is 0 Å². The molecule has 1 aromatic rings. The fourth-order valence-corrected chi connectivity index (χ4v) is 2.36. The van der Waals surface area contributed by atoms with Crippen LogP contribution in [0.1, 0.15) is 24.6 Å². The van der Waals surface area contributed by atoms with Crippen LogP contribution in [-0.2, 0) is 11.3 Å². The number of aromatic nitrogens is 2. The van der Waals surface area contributed by atoms with Crippen molar-refractivity contribution in [2.45, 2.75) is 25.4 Å². The molecule has 0 amide bonds. The smallest absolute Gasteiger partial charge is 0.0667 e. The maximum atomic E-state index is 5.36. The molecule has 1 aromatic heterocycles. The summed E-state index contributed by atoms with van der Waals surface area (Å²) >= 11 is 3.53. The van der Waals surface area contributed by atoms with Crippen molar-refractivity contribution in [3.8, 4) is 0 Å². The highest BCUT2D eigenvalue weighted by molar-refractivity contribution is 9.10. The summed E-state index contributed by atoms with van der Waals surface area (Å²) in [7, 11) is 1.95. The molecule has 0 aliphatic carbocycles. The monoisotopic (exact) mass is 273 g/mol. The quantitative estimate of drug-likeness (QED) is 0.912. The van der Waals surface area contributed by atoms with Crippen molar-refractivity contribution >= 4 is 15.9 Å². The number of ether oxygens (including phenoxy) is 1. The third-order valence-corrected chi connectivity index (χ3v) is 3.39. The van der Waals surface area contributed by atoms with E-state index < -0.39 is 0 Å². The van der Waals surface area contributed by atoms with Gasteiger partial charge < -0.3 is 10.1 Å². The Morgan fingerprint density at radius 2 is 2.33 bits per heavy atom. The molecule has 0 aromatic carbocycles. The fourth-order valence-electron chi connectivity index (χ4n) is 1.94. The number of hydrogen-bond acceptors (Lipinski definition) is 3. The van der Waals surface area contributed by atoms with E-state index >= 15 is 0 Å². The Balaban J connectivity index is 2.18. The Morgan fingerprint density at radius 1 is 1.60 bits per heavy atom. The lowest BCUT2D eigenvalue weighted by atomic mass is 10.1. The van der Waals surface area contributed by atoms with E-state index in [0.717, 1.165) is 37.1 Å². The van der Waals surface area contributed by atoms with Gasteiger partial charge >= 0.3 is 0 Å². The number of rotatable bonds is 3. The van der Waals surface area contributed by atoms with E-state index in [1.807, 2.05) is 13.2 Å². The first-order valence-corrected chi connectivity index (χ1v) is 6.06. The lowest BCUT2D eigenvalue weighted by molar-refractivity contribution is 0.0653. The Morgan fingerprint density at radius 3 is 3.00 bits per heavy atom. The highest BCUT2D eigenvalue weighted by Gasteiger charge is 2.20. The lowest BCUT2D eigenvalue weighted by Crippen LogP contribution is -2.23. The summed E-state index contributed by atoms with van der Waals surface area (Å²) in [5, 5.41) is 7.60. The van der Waals surface area contributed by atoms with Crippen molar-refractivity contribution in [3.05, 3.63) is 16.4 Å². The second-order valence-corrected chi connectivity index (χ2v) is 4.61. The molecule has 0 saturated carbocycles. The van der Waals surface area contributed by atoms with Gasteiger partial charge in [0.1, 0.15) is 0 Å². The summed E-state index contributed by atoms with van der Waals surface area (Å²) in [6, 6.07) is 0.494. The minimum absolute atomic E-state index is 0.494. The molecule has 4 nitrogen and oxygen atoms in total. The standard InChI is InChI=1S/C10H16BrN3O/c1-12-7-10-9(11)6-13-14(10)8-2-4-15-5-3-8/h6,8,12H,2-5,7H2,1H3. The van der Waals surface area contributed by atoms with Gasteiger partial charge in [-0.05, 0) is 35.8 Å². The molecule has 1 saturated heterocycles. The molecule has 1 fully saturated rings. The highest BCUT2D eigenvalue weighted by atomic mass is 79.9. The Labute approximate surface area is 98.1 Å². The minimum Gasteiger partial charge on any atom is -0.381 e. The van der Waals surface area contributed by atoms with Crippen LogP contribution in [0.5, 0.6) is 0 Å². The number of nitrogens with zero attached hydrogens (tertiary/aromatic N) is 2. The van der Waals surface area contributed by atoms with Crippen LogP contribution in [0.4, 0.5) is 0 Å². The topological polar surface area (TPSA) is 39.1 Å². The minimum atomic E-state index is 0.494. The van der Waals surface area contributed by atoms with Gasteiger partial charge in [0.2, 0.25) is 0 Å². The van der Waals surface area contributed by atoms with Crippen LogP contribution in [0, 0.1) is 0 Å². The van der Waals surface area contributed by atoms with Crippen LogP contribution in [0.25, 0.3) is 0 Å². The van der Waals surface area contributed by atoms with Gasteiger partial charge in [-0.3, -0.25) is 4.68 Å². The summed E-state index contributed by atoms with van der Waals surface area (Å²) in [5.74, 6) is 0. The van der Waals surface area contributed by atoms with E-state index in [1.54, 1.807) is 0 Å². The van der Waals surface area contributed by atoms with E-state index in [9.17, 15) is 0 Å². The Hall–Kier alpha value is -0.390. The van der Waals surface area contributed by atoms with Crippen molar-refractivity contribution in [2.24, 2.45) is 0 Å². The largest absolute Gasteiger partial charge is 0.381 e. The van der Waals surface area contributed by atoms with Gasteiger partial charge in [-0.25, -0.2) is 0 Å². The summed E-state index contributed by atoms with van der Waals surface area (Å²) in [6.07, 6.45) is 4.00. The van der Waals surface area contributed by atoms with Gasteiger partial charge in [-0.1, -0.05) is 0 Å². The first kappa shape index (κ1) is 11.1. The summed E-state index contributed by atoms with van der Waals surface area (Å²) in [5.41, 5.74) is 1.23. The molecule has 1 aliphatic rings. The van der Waals surface area contributed by atoms with Crippen molar-refractivity contribution in [1.82, 2.24) is 15.1 Å². The van der Waals surface area contributed by atoms with Crippen LogP contribution < -0.4 is 5.32 Å². The molecule has 0 bridgehead atoms. The Kier molecular flexibility index (Phi) is 3.77. The molecule has 84 valence electrons. The molecular formula is C10H16BrN3O. The van der Waals surface area contributed by atoms with Crippen LogP contribution in [0.3, 0.4) is 0 Å². The predicted molar refractivity (Wildman–Crippen MR) is 61.8 cm³/mol. The van der Waals surface area contributed by atoms with Gasteiger partial charge in [0.05, 0.1) is 22.4 Å². The molecule has 2 heterocycles. The van der Waals surface area contributed by atoms with Crippen LogP contribution in [0.15, 0.2) is 10.7 Å². The maximum absolute atomic E-state index is 5.36. The average molecular weight is 274 g/mol. The van der Waals surface area contributed by atoms with E-state index in [1.165, 1.54) is 5.69 Å². The van der Waals surface area contributed by atoms with Crippen molar-refractivity contribution in [1.29, 1.82) is 0 Å². The zero-order valence-corrected chi connectivity index (χ0v) is 10.5.